The molecular weight excluding hydrogens is 220 g/mol. The van der Waals surface area contributed by atoms with Crippen molar-refractivity contribution in [3.05, 3.63) is 0 Å². The Bertz CT molecular complexity index is 281. The molecule has 0 spiro atoms. The highest BCUT2D eigenvalue weighted by atomic mass is 16.4. The summed E-state index contributed by atoms with van der Waals surface area (Å²) >= 11 is 0. The summed E-state index contributed by atoms with van der Waals surface area (Å²) in [4.78, 5) is 22.9. The quantitative estimate of drug-likeness (QED) is 0.594. The van der Waals surface area contributed by atoms with Crippen molar-refractivity contribution in [2.24, 2.45) is 23.5 Å². The maximum absolute atomic E-state index is 11.9. The fourth-order valence-corrected chi connectivity index (χ4v) is 2.47. The summed E-state index contributed by atoms with van der Waals surface area (Å²) in [6.07, 6.45) is 3.02. The predicted octanol–water partition coefficient (Wildman–Crippen LogP) is 0.588. The number of carboxylic acids is 1. The molecule has 0 aromatic heterocycles. The summed E-state index contributed by atoms with van der Waals surface area (Å²) in [5.74, 6) is -1.52. The molecule has 4 N–H and O–H groups in total. The molecule has 0 radical (unpaired) electrons. The molecule has 1 aliphatic carbocycles. The van der Waals surface area contributed by atoms with Crippen molar-refractivity contribution >= 4 is 11.9 Å². The molecule has 1 unspecified atom stereocenters. The lowest BCUT2D eigenvalue weighted by Gasteiger charge is -2.15. The predicted molar refractivity (Wildman–Crippen MR) is 64.3 cm³/mol. The fourth-order valence-electron chi connectivity index (χ4n) is 2.47. The van der Waals surface area contributed by atoms with Gasteiger partial charge in [-0.1, -0.05) is 6.92 Å². The Morgan fingerprint density at radius 3 is 2.53 bits per heavy atom. The molecule has 0 bridgehead atoms. The van der Waals surface area contributed by atoms with Crippen LogP contribution in [0.15, 0.2) is 0 Å². The van der Waals surface area contributed by atoms with Gasteiger partial charge in [-0.05, 0) is 38.1 Å². The van der Waals surface area contributed by atoms with E-state index >= 15 is 0 Å². The zero-order valence-corrected chi connectivity index (χ0v) is 10.3. The van der Waals surface area contributed by atoms with Crippen molar-refractivity contribution in [3.8, 4) is 0 Å². The van der Waals surface area contributed by atoms with Crippen LogP contribution in [-0.4, -0.2) is 30.1 Å². The maximum Gasteiger partial charge on any atom is 0.307 e. The van der Waals surface area contributed by atoms with Crippen LogP contribution in [0, 0.1) is 17.8 Å². The Hall–Kier alpha value is -1.10. The monoisotopic (exact) mass is 242 g/mol. The van der Waals surface area contributed by atoms with Crippen LogP contribution in [-0.2, 0) is 9.59 Å². The van der Waals surface area contributed by atoms with Crippen LogP contribution in [0.4, 0.5) is 0 Å². The van der Waals surface area contributed by atoms with E-state index < -0.39 is 11.9 Å². The molecule has 0 aromatic carbocycles. The van der Waals surface area contributed by atoms with E-state index in [2.05, 4.69) is 5.32 Å². The third kappa shape index (κ3) is 4.00. The highest BCUT2D eigenvalue weighted by Gasteiger charge is 2.40. The molecule has 1 aliphatic rings. The molecule has 5 nitrogen and oxygen atoms in total. The summed E-state index contributed by atoms with van der Waals surface area (Å²) in [6.45, 7) is 3.21. The Labute approximate surface area is 102 Å². The van der Waals surface area contributed by atoms with E-state index in [9.17, 15) is 9.59 Å². The van der Waals surface area contributed by atoms with E-state index in [0.29, 0.717) is 31.8 Å². The molecule has 3 atom stereocenters. The van der Waals surface area contributed by atoms with Gasteiger partial charge < -0.3 is 16.2 Å². The Morgan fingerprint density at radius 1 is 1.29 bits per heavy atom. The van der Waals surface area contributed by atoms with Crippen LogP contribution in [0.3, 0.4) is 0 Å². The fraction of sp³-hybridized carbons (Fsp3) is 0.833. The zero-order valence-electron chi connectivity index (χ0n) is 10.3. The minimum atomic E-state index is -0.851. The number of aliphatic carboxylic acids is 1. The number of hydrogen-bond acceptors (Lipinski definition) is 3. The Morgan fingerprint density at radius 2 is 1.94 bits per heavy atom. The Kier molecular flexibility index (Phi) is 5.41. The number of rotatable bonds is 6. The van der Waals surface area contributed by atoms with Crippen molar-refractivity contribution < 1.29 is 14.7 Å². The normalized spacial score (nSPS) is 28.0. The number of carbonyl (C=O) groups is 2. The number of nitrogens with two attached hydrogens (primary N) is 1. The van der Waals surface area contributed by atoms with Crippen molar-refractivity contribution in [2.75, 3.05) is 13.1 Å². The summed E-state index contributed by atoms with van der Waals surface area (Å²) in [6, 6.07) is 0. The largest absolute Gasteiger partial charge is 0.481 e. The maximum atomic E-state index is 11.9. The first-order valence-electron chi connectivity index (χ1n) is 6.26. The van der Waals surface area contributed by atoms with Crippen molar-refractivity contribution in [2.45, 2.75) is 32.6 Å². The molecular formula is C12H22N2O3. The molecule has 0 aliphatic heterocycles. The minimum Gasteiger partial charge on any atom is -0.481 e. The van der Waals surface area contributed by atoms with Gasteiger partial charge in [-0.2, -0.15) is 0 Å². The molecule has 0 heterocycles. The average Bonchev–Trinajstić information content (AvgIpc) is 2.66. The molecule has 98 valence electrons. The lowest BCUT2D eigenvalue weighted by Crippen LogP contribution is -2.35. The highest BCUT2D eigenvalue weighted by Crippen LogP contribution is 2.36. The second-order valence-electron chi connectivity index (χ2n) is 4.91. The van der Waals surface area contributed by atoms with E-state index in [-0.39, 0.29) is 11.8 Å². The third-order valence-electron chi connectivity index (χ3n) is 3.38. The summed E-state index contributed by atoms with van der Waals surface area (Å²) < 4.78 is 0. The van der Waals surface area contributed by atoms with Gasteiger partial charge in [0.2, 0.25) is 5.91 Å². The lowest BCUT2D eigenvalue weighted by molar-refractivity contribution is -0.146. The number of amides is 1. The van der Waals surface area contributed by atoms with Gasteiger partial charge in [0.05, 0.1) is 11.8 Å². The number of hydrogen-bond donors (Lipinski definition) is 3. The standard InChI is InChI=1S/C12H22N2O3/c1-8-6-9(10(7-8)12(16)17)11(15)14-5-3-2-4-13/h8-10H,2-7,13H2,1H3,(H,14,15)(H,16,17)/t8?,9-,10+/m0/s1. The second-order valence-corrected chi connectivity index (χ2v) is 4.91. The lowest BCUT2D eigenvalue weighted by atomic mass is 9.95. The van der Waals surface area contributed by atoms with Crippen LogP contribution < -0.4 is 11.1 Å². The van der Waals surface area contributed by atoms with E-state index in [0.717, 1.165) is 12.8 Å². The summed E-state index contributed by atoms with van der Waals surface area (Å²) in [5.41, 5.74) is 5.36. The number of unbranched alkanes of at least 4 members (excludes halogenated alkanes) is 1. The first kappa shape index (κ1) is 14.0. The smallest absolute Gasteiger partial charge is 0.307 e. The van der Waals surface area contributed by atoms with Crippen molar-refractivity contribution in [1.82, 2.24) is 5.32 Å². The number of carbonyl (C=O) groups excluding carboxylic acids is 1. The molecule has 1 fully saturated rings. The van der Waals surface area contributed by atoms with Gasteiger partial charge in [-0.25, -0.2) is 0 Å². The molecule has 1 amide bonds. The first-order chi connectivity index (χ1) is 8.06. The average molecular weight is 242 g/mol. The van der Waals surface area contributed by atoms with E-state index in [1.54, 1.807) is 0 Å². The molecule has 17 heavy (non-hydrogen) atoms. The topological polar surface area (TPSA) is 92.4 Å². The molecule has 5 heteroatoms. The van der Waals surface area contributed by atoms with E-state index in [1.165, 1.54) is 0 Å². The van der Waals surface area contributed by atoms with Gasteiger partial charge in [0.1, 0.15) is 0 Å². The number of nitrogens with one attached hydrogen (secondary N) is 1. The van der Waals surface area contributed by atoms with Gasteiger partial charge in [0.15, 0.2) is 0 Å². The van der Waals surface area contributed by atoms with Crippen LogP contribution in [0.2, 0.25) is 0 Å². The van der Waals surface area contributed by atoms with Crippen LogP contribution in [0.5, 0.6) is 0 Å². The SMILES string of the molecule is CC1C[C@H](C(=O)NCCCCN)[C@H](C(=O)O)C1. The van der Waals surface area contributed by atoms with Crippen LogP contribution in [0.25, 0.3) is 0 Å². The van der Waals surface area contributed by atoms with Gasteiger partial charge in [-0.15, -0.1) is 0 Å². The van der Waals surface area contributed by atoms with Crippen LogP contribution >= 0.6 is 0 Å². The van der Waals surface area contributed by atoms with Crippen LogP contribution in [0.1, 0.15) is 32.6 Å². The molecule has 1 saturated carbocycles. The van der Waals surface area contributed by atoms with Crippen molar-refractivity contribution in [3.63, 3.8) is 0 Å². The summed E-state index contributed by atoms with van der Waals surface area (Å²) in [5, 5.41) is 11.9. The van der Waals surface area contributed by atoms with E-state index in [1.807, 2.05) is 6.92 Å². The highest BCUT2D eigenvalue weighted by molar-refractivity contribution is 5.85. The van der Waals surface area contributed by atoms with Crippen molar-refractivity contribution in [1.29, 1.82) is 0 Å². The molecule has 0 aromatic rings. The van der Waals surface area contributed by atoms with E-state index in [4.69, 9.17) is 10.8 Å². The molecule has 1 rings (SSSR count). The minimum absolute atomic E-state index is 0.112. The zero-order chi connectivity index (χ0) is 12.8. The second kappa shape index (κ2) is 6.59. The Balaban J connectivity index is 2.41. The summed E-state index contributed by atoms with van der Waals surface area (Å²) in [7, 11) is 0. The van der Waals surface area contributed by atoms with Gasteiger partial charge in [-0.3, -0.25) is 9.59 Å². The third-order valence-corrected chi connectivity index (χ3v) is 3.38. The van der Waals surface area contributed by atoms with Gasteiger partial charge >= 0.3 is 5.97 Å². The molecule has 0 saturated heterocycles. The van der Waals surface area contributed by atoms with Gasteiger partial charge in [0.25, 0.3) is 0 Å². The van der Waals surface area contributed by atoms with Gasteiger partial charge in [0, 0.05) is 6.54 Å². The first-order valence-corrected chi connectivity index (χ1v) is 6.26. The number of carboxylic acid groups (broad SMARTS) is 1.